The van der Waals surface area contributed by atoms with Crippen LogP contribution in [0.3, 0.4) is 0 Å². The van der Waals surface area contributed by atoms with Crippen LogP contribution in [0, 0.1) is 0 Å². The molecule has 0 aliphatic carbocycles. The Morgan fingerprint density at radius 3 is 1.91 bits per heavy atom. The number of nitrogens with zero attached hydrogens (tertiary/aromatic N) is 2. The Morgan fingerprint density at radius 2 is 1.22 bits per heavy atom. The van der Waals surface area contributed by atoms with E-state index in [9.17, 15) is 0 Å². The average molecular weight is 300 g/mol. The van der Waals surface area contributed by atoms with Crippen molar-refractivity contribution in [1.82, 2.24) is 9.55 Å². The van der Waals surface area contributed by atoms with Crippen LogP contribution in [0.5, 0.6) is 0 Å². The summed E-state index contributed by atoms with van der Waals surface area (Å²) in [6, 6.07) is 28.9. The second-order valence-corrected chi connectivity index (χ2v) is 4.96. The monoisotopic (exact) mass is 300 g/mol. The molecule has 114 valence electrons. The van der Waals surface area contributed by atoms with E-state index in [1.165, 1.54) is 0 Å². The van der Waals surface area contributed by atoms with Gasteiger partial charge in [0.2, 0.25) is 0 Å². The highest BCUT2D eigenvalue weighted by atomic mass is 15.1. The van der Waals surface area contributed by atoms with Crippen LogP contribution in [-0.2, 0) is 0 Å². The summed E-state index contributed by atoms with van der Waals surface area (Å²) in [5, 5.41) is 0. The van der Waals surface area contributed by atoms with Crippen molar-refractivity contribution in [2.24, 2.45) is 0 Å². The molecule has 23 heavy (non-hydrogen) atoms. The van der Waals surface area contributed by atoms with Crippen molar-refractivity contribution in [2.75, 3.05) is 0 Å². The van der Waals surface area contributed by atoms with Crippen LogP contribution in [0.25, 0.3) is 28.1 Å². The van der Waals surface area contributed by atoms with Crippen molar-refractivity contribution in [3.05, 3.63) is 84.9 Å². The van der Waals surface area contributed by atoms with E-state index in [4.69, 9.17) is 4.98 Å². The molecule has 0 radical (unpaired) electrons. The van der Waals surface area contributed by atoms with Gasteiger partial charge in [0.05, 0.1) is 11.0 Å². The van der Waals surface area contributed by atoms with Crippen LogP contribution in [0.4, 0.5) is 0 Å². The molecule has 0 saturated carbocycles. The van der Waals surface area contributed by atoms with Crippen LogP contribution in [0.1, 0.15) is 13.8 Å². The molecule has 0 amide bonds. The molecule has 0 atom stereocenters. The third-order valence-electron chi connectivity index (χ3n) is 3.61. The molecule has 2 nitrogen and oxygen atoms in total. The van der Waals surface area contributed by atoms with Gasteiger partial charge in [0.15, 0.2) is 0 Å². The highest BCUT2D eigenvalue weighted by molar-refractivity contribution is 5.83. The Morgan fingerprint density at radius 1 is 0.652 bits per heavy atom. The fraction of sp³-hybridized carbons (Fsp3) is 0.0952. The molecule has 0 aliphatic heterocycles. The molecule has 0 aliphatic rings. The van der Waals surface area contributed by atoms with E-state index in [2.05, 4.69) is 59.2 Å². The maximum atomic E-state index is 4.82. The van der Waals surface area contributed by atoms with Gasteiger partial charge in [-0.05, 0) is 24.3 Å². The second-order valence-electron chi connectivity index (χ2n) is 4.96. The van der Waals surface area contributed by atoms with E-state index >= 15 is 0 Å². The molecule has 4 aromatic rings. The molecule has 0 saturated heterocycles. The number of aromatic nitrogens is 2. The topological polar surface area (TPSA) is 17.8 Å². The van der Waals surface area contributed by atoms with Gasteiger partial charge in [0.25, 0.3) is 0 Å². The van der Waals surface area contributed by atoms with Gasteiger partial charge in [0, 0.05) is 11.3 Å². The highest BCUT2D eigenvalue weighted by Crippen LogP contribution is 2.28. The summed E-state index contributed by atoms with van der Waals surface area (Å²) in [6.07, 6.45) is 0. The second kappa shape index (κ2) is 6.93. The quantitative estimate of drug-likeness (QED) is 0.463. The zero-order valence-corrected chi connectivity index (χ0v) is 13.5. The standard InChI is InChI=1S/C19H14N2.C2H6/c1-3-9-15(10-4-1)19-20-17-13-7-8-14-18(17)21(19)16-11-5-2-6-12-16;1-2/h1-14H;1-2H3. The summed E-state index contributed by atoms with van der Waals surface area (Å²) in [5.74, 6) is 0.975. The highest BCUT2D eigenvalue weighted by Gasteiger charge is 2.13. The lowest BCUT2D eigenvalue weighted by Gasteiger charge is -2.09. The molecule has 0 N–H and O–H groups in total. The van der Waals surface area contributed by atoms with Gasteiger partial charge in [-0.1, -0.05) is 74.5 Å². The number of rotatable bonds is 2. The minimum atomic E-state index is 0.975. The maximum absolute atomic E-state index is 4.82. The van der Waals surface area contributed by atoms with Crippen molar-refractivity contribution in [2.45, 2.75) is 13.8 Å². The summed E-state index contributed by atoms with van der Waals surface area (Å²) >= 11 is 0. The molecule has 2 heteroatoms. The SMILES string of the molecule is CC.c1ccc(-c2nc3ccccc3n2-c2ccccc2)cc1. The van der Waals surface area contributed by atoms with E-state index in [1.807, 2.05) is 44.2 Å². The normalized spacial score (nSPS) is 10.2. The molecule has 0 unspecified atom stereocenters. The minimum Gasteiger partial charge on any atom is -0.292 e. The van der Waals surface area contributed by atoms with Gasteiger partial charge in [-0.15, -0.1) is 0 Å². The fourth-order valence-corrected chi connectivity index (χ4v) is 2.65. The van der Waals surface area contributed by atoms with Crippen LogP contribution < -0.4 is 0 Å². The summed E-state index contributed by atoms with van der Waals surface area (Å²) in [4.78, 5) is 4.82. The first kappa shape index (κ1) is 15.0. The van der Waals surface area contributed by atoms with Gasteiger partial charge >= 0.3 is 0 Å². The van der Waals surface area contributed by atoms with Gasteiger partial charge in [-0.2, -0.15) is 0 Å². The summed E-state index contributed by atoms with van der Waals surface area (Å²) < 4.78 is 2.21. The number of benzene rings is 3. The van der Waals surface area contributed by atoms with Gasteiger partial charge in [-0.3, -0.25) is 4.57 Å². The van der Waals surface area contributed by atoms with Crippen LogP contribution in [-0.4, -0.2) is 9.55 Å². The lowest BCUT2D eigenvalue weighted by Crippen LogP contribution is -1.96. The molecule has 0 spiro atoms. The molecule has 0 fully saturated rings. The van der Waals surface area contributed by atoms with Crippen LogP contribution in [0.15, 0.2) is 84.9 Å². The molecule has 0 bridgehead atoms. The number of hydrogen-bond donors (Lipinski definition) is 0. The number of hydrogen-bond acceptors (Lipinski definition) is 1. The maximum Gasteiger partial charge on any atom is 0.145 e. The Bertz CT molecular complexity index is 878. The van der Waals surface area contributed by atoms with E-state index in [-0.39, 0.29) is 0 Å². The molecule has 1 aromatic heterocycles. The largest absolute Gasteiger partial charge is 0.292 e. The van der Waals surface area contributed by atoms with Crippen molar-refractivity contribution < 1.29 is 0 Å². The Hall–Kier alpha value is -2.87. The Labute approximate surface area is 137 Å². The Kier molecular flexibility index (Phi) is 4.53. The van der Waals surface area contributed by atoms with Crippen molar-refractivity contribution in [1.29, 1.82) is 0 Å². The van der Waals surface area contributed by atoms with Crippen LogP contribution >= 0.6 is 0 Å². The summed E-state index contributed by atoms with van der Waals surface area (Å²) in [5.41, 5.74) is 4.39. The van der Waals surface area contributed by atoms with Gasteiger partial charge in [-0.25, -0.2) is 4.98 Å². The number of fused-ring (bicyclic) bond motifs is 1. The summed E-state index contributed by atoms with van der Waals surface area (Å²) in [7, 11) is 0. The molecule has 3 aromatic carbocycles. The zero-order chi connectivity index (χ0) is 16.1. The lowest BCUT2D eigenvalue weighted by atomic mass is 10.2. The average Bonchev–Trinajstić information content (AvgIpc) is 3.04. The smallest absolute Gasteiger partial charge is 0.145 e. The molecule has 1 heterocycles. The third-order valence-corrected chi connectivity index (χ3v) is 3.61. The number of imidazole rings is 1. The van der Waals surface area contributed by atoms with Crippen molar-refractivity contribution in [3.8, 4) is 17.1 Å². The van der Waals surface area contributed by atoms with E-state index in [0.29, 0.717) is 0 Å². The predicted molar refractivity (Wildman–Crippen MR) is 97.9 cm³/mol. The van der Waals surface area contributed by atoms with E-state index in [1.54, 1.807) is 0 Å². The summed E-state index contributed by atoms with van der Waals surface area (Å²) in [6.45, 7) is 4.00. The first-order valence-corrected chi connectivity index (χ1v) is 8.02. The van der Waals surface area contributed by atoms with Crippen molar-refractivity contribution >= 4 is 11.0 Å². The fourth-order valence-electron chi connectivity index (χ4n) is 2.65. The molecular weight excluding hydrogens is 280 g/mol. The van der Waals surface area contributed by atoms with Crippen molar-refractivity contribution in [3.63, 3.8) is 0 Å². The molecular formula is C21H20N2. The number of para-hydroxylation sites is 3. The first-order chi connectivity index (χ1) is 11.4. The van der Waals surface area contributed by atoms with Crippen LogP contribution in [0.2, 0.25) is 0 Å². The first-order valence-electron chi connectivity index (χ1n) is 8.02. The Balaban J connectivity index is 0.000000753. The minimum absolute atomic E-state index is 0.975. The predicted octanol–water partition coefficient (Wildman–Crippen LogP) is 5.72. The zero-order valence-electron chi connectivity index (χ0n) is 13.5. The van der Waals surface area contributed by atoms with Gasteiger partial charge < -0.3 is 0 Å². The van der Waals surface area contributed by atoms with E-state index < -0.39 is 0 Å². The third kappa shape index (κ3) is 2.88. The van der Waals surface area contributed by atoms with Gasteiger partial charge in [0.1, 0.15) is 5.82 Å². The van der Waals surface area contributed by atoms with E-state index in [0.717, 1.165) is 28.1 Å². The molecule has 4 rings (SSSR count). The lowest BCUT2D eigenvalue weighted by molar-refractivity contribution is 1.10.